The molecule has 0 spiro atoms. The molecule has 19 heavy (non-hydrogen) atoms. The summed E-state index contributed by atoms with van der Waals surface area (Å²) >= 11 is 0. The molecule has 0 saturated carbocycles. The fourth-order valence-corrected chi connectivity index (χ4v) is 2.21. The number of rotatable bonds is 4. The molecule has 1 fully saturated rings. The lowest BCUT2D eigenvalue weighted by Gasteiger charge is -2.37. The molecule has 1 aliphatic heterocycles. The third kappa shape index (κ3) is 3.23. The summed E-state index contributed by atoms with van der Waals surface area (Å²) in [6.07, 6.45) is 1.17. The van der Waals surface area contributed by atoms with Gasteiger partial charge in [-0.1, -0.05) is 6.92 Å². The summed E-state index contributed by atoms with van der Waals surface area (Å²) in [6, 6.07) is 0.895. The minimum Gasteiger partial charge on any atom is -0.467 e. The van der Waals surface area contributed by atoms with E-state index in [2.05, 4.69) is 38.6 Å². The molecule has 1 unspecified atom stereocenters. The van der Waals surface area contributed by atoms with Gasteiger partial charge in [0, 0.05) is 32.2 Å². The zero-order valence-electron chi connectivity index (χ0n) is 11.8. The molecule has 7 heteroatoms. The van der Waals surface area contributed by atoms with Crippen LogP contribution in [-0.2, 0) is 0 Å². The summed E-state index contributed by atoms with van der Waals surface area (Å²) in [6.45, 7) is 8.31. The SMILES string of the molecule is CCC(C)N1CCN(c2nc(N)nc(OC)n2)CC1. The fourth-order valence-electron chi connectivity index (χ4n) is 2.21. The van der Waals surface area contributed by atoms with Crippen LogP contribution in [0.4, 0.5) is 11.9 Å². The van der Waals surface area contributed by atoms with E-state index in [1.807, 2.05) is 0 Å². The van der Waals surface area contributed by atoms with Crippen molar-refractivity contribution in [2.75, 3.05) is 43.9 Å². The van der Waals surface area contributed by atoms with Crippen molar-refractivity contribution in [3.05, 3.63) is 0 Å². The van der Waals surface area contributed by atoms with Gasteiger partial charge < -0.3 is 15.4 Å². The first-order valence-electron chi connectivity index (χ1n) is 6.68. The van der Waals surface area contributed by atoms with E-state index in [4.69, 9.17) is 10.5 Å². The van der Waals surface area contributed by atoms with E-state index >= 15 is 0 Å². The number of nitrogen functional groups attached to an aromatic ring is 1. The first-order chi connectivity index (χ1) is 9.13. The van der Waals surface area contributed by atoms with Crippen LogP contribution in [0.1, 0.15) is 20.3 Å². The lowest BCUT2D eigenvalue weighted by Crippen LogP contribution is -2.50. The number of nitrogens with two attached hydrogens (primary N) is 1. The van der Waals surface area contributed by atoms with Crippen LogP contribution in [0.2, 0.25) is 0 Å². The van der Waals surface area contributed by atoms with E-state index in [-0.39, 0.29) is 12.0 Å². The number of hydrogen-bond donors (Lipinski definition) is 1. The lowest BCUT2D eigenvalue weighted by atomic mass is 10.2. The zero-order chi connectivity index (χ0) is 13.8. The molecule has 1 atom stereocenters. The minimum atomic E-state index is 0.200. The Kier molecular flexibility index (Phi) is 4.36. The number of piperazine rings is 1. The maximum atomic E-state index is 5.66. The average Bonchev–Trinajstić information content (AvgIpc) is 2.46. The summed E-state index contributed by atoms with van der Waals surface area (Å²) in [4.78, 5) is 16.9. The quantitative estimate of drug-likeness (QED) is 0.844. The molecular weight excluding hydrogens is 244 g/mol. The molecule has 2 N–H and O–H groups in total. The standard InChI is InChI=1S/C12H22N6O/c1-4-9(2)17-5-7-18(8-6-17)11-14-10(13)15-12(16-11)19-3/h9H,4-8H2,1-3H3,(H2,13,14,15,16). The topological polar surface area (TPSA) is 80.4 Å². The van der Waals surface area contributed by atoms with Crippen LogP contribution < -0.4 is 15.4 Å². The third-order valence-corrected chi connectivity index (χ3v) is 3.61. The Hall–Kier alpha value is -1.63. The molecule has 0 amide bonds. The Labute approximate surface area is 113 Å². The van der Waals surface area contributed by atoms with E-state index in [1.165, 1.54) is 13.5 Å². The van der Waals surface area contributed by atoms with Gasteiger partial charge in [0.15, 0.2) is 0 Å². The molecule has 1 aromatic heterocycles. The summed E-state index contributed by atoms with van der Waals surface area (Å²) in [5, 5.41) is 0. The van der Waals surface area contributed by atoms with Gasteiger partial charge in [-0.3, -0.25) is 4.90 Å². The molecule has 0 aromatic carbocycles. The van der Waals surface area contributed by atoms with E-state index in [0.29, 0.717) is 12.0 Å². The van der Waals surface area contributed by atoms with Crippen LogP contribution in [-0.4, -0.2) is 59.2 Å². The second-order valence-corrected chi connectivity index (χ2v) is 4.76. The summed E-state index contributed by atoms with van der Waals surface area (Å²) in [5.41, 5.74) is 5.66. The molecule has 2 heterocycles. The van der Waals surface area contributed by atoms with Crippen molar-refractivity contribution in [2.45, 2.75) is 26.3 Å². The Morgan fingerprint density at radius 1 is 1.21 bits per heavy atom. The number of methoxy groups -OCH3 is 1. The second kappa shape index (κ2) is 6.01. The van der Waals surface area contributed by atoms with Gasteiger partial charge in [0.1, 0.15) is 0 Å². The lowest BCUT2D eigenvalue weighted by molar-refractivity contribution is 0.192. The first-order valence-corrected chi connectivity index (χ1v) is 6.68. The predicted molar refractivity (Wildman–Crippen MR) is 74.3 cm³/mol. The zero-order valence-corrected chi connectivity index (χ0v) is 11.8. The van der Waals surface area contributed by atoms with Gasteiger partial charge in [0.2, 0.25) is 11.9 Å². The van der Waals surface area contributed by atoms with Crippen molar-refractivity contribution in [2.24, 2.45) is 0 Å². The summed E-state index contributed by atoms with van der Waals surface area (Å²) in [5.74, 6) is 0.805. The molecule has 7 nitrogen and oxygen atoms in total. The highest BCUT2D eigenvalue weighted by molar-refractivity contribution is 5.36. The predicted octanol–water partition coefficient (Wildman–Crippen LogP) is 0.383. The molecule has 1 aliphatic rings. The Morgan fingerprint density at radius 3 is 2.47 bits per heavy atom. The molecule has 2 rings (SSSR count). The fraction of sp³-hybridized carbons (Fsp3) is 0.750. The van der Waals surface area contributed by atoms with Crippen LogP contribution in [0.3, 0.4) is 0 Å². The minimum absolute atomic E-state index is 0.200. The largest absolute Gasteiger partial charge is 0.467 e. The average molecular weight is 266 g/mol. The Bertz CT molecular complexity index is 419. The molecule has 1 saturated heterocycles. The van der Waals surface area contributed by atoms with Gasteiger partial charge in [-0.2, -0.15) is 15.0 Å². The normalized spacial score (nSPS) is 18.4. The number of aromatic nitrogens is 3. The van der Waals surface area contributed by atoms with Crippen LogP contribution in [0, 0.1) is 0 Å². The van der Waals surface area contributed by atoms with Gasteiger partial charge in [0.05, 0.1) is 7.11 Å². The highest BCUT2D eigenvalue weighted by Gasteiger charge is 2.22. The van der Waals surface area contributed by atoms with Crippen molar-refractivity contribution in [1.29, 1.82) is 0 Å². The van der Waals surface area contributed by atoms with Crippen molar-refractivity contribution >= 4 is 11.9 Å². The number of ether oxygens (including phenoxy) is 1. The highest BCUT2D eigenvalue weighted by atomic mass is 16.5. The number of anilines is 2. The van der Waals surface area contributed by atoms with E-state index in [1.54, 1.807) is 0 Å². The Morgan fingerprint density at radius 2 is 1.89 bits per heavy atom. The van der Waals surface area contributed by atoms with E-state index in [0.717, 1.165) is 26.2 Å². The van der Waals surface area contributed by atoms with E-state index < -0.39 is 0 Å². The van der Waals surface area contributed by atoms with Crippen molar-refractivity contribution in [3.8, 4) is 6.01 Å². The van der Waals surface area contributed by atoms with Crippen molar-refractivity contribution in [1.82, 2.24) is 19.9 Å². The molecule has 106 valence electrons. The highest BCUT2D eigenvalue weighted by Crippen LogP contribution is 2.16. The maximum Gasteiger partial charge on any atom is 0.322 e. The Balaban J connectivity index is 2.03. The molecule has 0 radical (unpaired) electrons. The molecule has 1 aromatic rings. The maximum absolute atomic E-state index is 5.66. The van der Waals surface area contributed by atoms with E-state index in [9.17, 15) is 0 Å². The van der Waals surface area contributed by atoms with Crippen LogP contribution in [0.15, 0.2) is 0 Å². The van der Waals surface area contributed by atoms with Gasteiger partial charge in [-0.15, -0.1) is 0 Å². The second-order valence-electron chi connectivity index (χ2n) is 4.76. The monoisotopic (exact) mass is 266 g/mol. The van der Waals surface area contributed by atoms with Crippen LogP contribution >= 0.6 is 0 Å². The third-order valence-electron chi connectivity index (χ3n) is 3.61. The molecule has 0 bridgehead atoms. The first kappa shape index (κ1) is 13.8. The van der Waals surface area contributed by atoms with Gasteiger partial charge >= 0.3 is 6.01 Å². The van der Waals surface area contributed by atoms with Gasteiger partial charge in [-0.05, 0) is 13.3 Å². The molecule has 0 aliphatic carbocycles. The van der Waals surface area contributed by atoms with Crippen LogP contribution in [0.5, 0.6) is 6.01 Å². The smallest absolute Gasteiger partial charge is 0.322 e. The summed E-state index contributed by atoms with van der Waals surface area (Å²) in [7, 11) is 1.53. The van der Waals surface area contributed by atoms with Crippen molar-refractivity contribution in [3.63, 3.8) is 0 Å². The van der Waals surface area contributed by atoms with Gasteiger partial charge in [-0.25, -0.2) is 0 Å². The summed E-state index contributed by atoms with van der Waals surface area (Å²) < 4.78 is 5.02. The van der Waals surface area contributed by atoms with Crippen LogP contribution in [0.25, 0.3) is 0 Å². The molecular formula is C12H22N6O. The number of nitrogens with zero attached hydrogens (tertiary/aromatic N) is 5. The number of hydrogen-bond acceptors (Lipinski definition) is 7. The van der Waals surface area contributed by atoms with Crippen molar-refractivity contribution < 1.29 is 4.74 Å². The van der Waals surface area contributed by atoms with Gasteiger partial charge in [0.25, 0.3) is 0 Å².